The van der Waals surface area contributed by atoms with Gasteiger partial charge in [-0.3, -0.25) is 9.59 Å². The number of allylic oxidation sites excluding steroid dienone is 1. The summed E-state index contributed by atoms with van der Waals surface area (Å²) in [4.78, 5) is 43.8. The second-order valence-corrected chi connectivity index (χ2v) is 9.85. The average Bonchev–Trinajstić information content (AvgIpc) is 3.63. The van der Waals surface area contributed by atoms with Crippen molar-refractivity contribution in [1.29, 1.82) is 0 Å². The minimum atomic E-state index is -1.96. The Kier molecular flexibility index (Phi) is 6.36. The van der Waals surface area contributed by atoms with Crippen LogP contribution in [0.1, 0.15) is 57.5 Å². The first-order valence-corrected chi connectivity index (χ1v) is 12.3. The smallest absolute Gasteiger partial charge is 0.350 e. The lowest BCUT2D eigenvalue weighted by atomic mass is 9.72. The molecule has 8 heteroatoms. The third kappa shape index (κ3) is 4.07. The van der Waals surface area contributed by atoms with Crippen molar-refractivity contribution in [3.8, 4) is 5.75 Å². The molecule has 3 N–H and O–H groups in total. The van der Waals surface area contributed by atoms with E-state index in [1.807, 2.05) is 37.3 Å². The summed E-state index contributed by atoms with van der Waals surface area (Å²) >= 11 is 0. The number of hydrogen-bond donors (Lipinski definition) is 2. The standard InChI is InChI=1S/C30H28N2O6/c1-18(15-21(20-12-14-32-25(31)17-20)16-19-7-9-22(33)10-8-19)11-13-29-26(34)23-5-3-4-6-24(23)27(35)30(29,38-29)28(36)37-2/h3-12,14,17,21,33H,13,15-16H2,1-2H3,(H2,31,32)/b18-11+/t21-,29+,30+/m1/s1. The number of ether oxygens (including phenoxy) is 2. The van der Waals surface area contributed by atoms with E-state index >= 15 is 0 Å². The van der Waals surface area contributed by atoms with E-state index in [9.17, 15) is 19.5 Å². The van der Waals surface area contributed by atoms with Crippen LogP contribution in [-0.4, -0.2) is 45.9 Å². The molecule has 3 aromatic rings. The van der Waals surface area contributed by atoms with Gasteiger partial charge in [0.1, 0.15) is 11.6 Å². The molecule has 2 heterocycles. The number of hydrogen-bond acceptors (Lipinski definition) is 8. The number of Topliss-reactive ketones (excluding diaryl/α,β-unsaturated/α-hetero) is 2. The van der Waals surface area contributed by atoms with Crippen molar-refractivity contribution < 1.29 is 29.0 Å². The van der Waals surface area contributed by atoms with E-state index in [0.717, 1.165) is 16.7 Å². The van der Waals surface area contributed by atoms with Gasteiger partial charge >= 0.3 is 5.97 Å². The van der Waals surface area contributed by atoms with Crippen LogP contribution in [0, 0.1) is 0 Å². The van der Waals surface area contributed by atoms with Gasteiger partial charge in [0.25, 0.3) is 5.60 Å². The Morgan fingerprint density at radius 3 is 2.45 bits per heavy atom. The number of anilines is 1. The molecule has 0 saturated carbocycles. The maximum absolute atomic E-state index is 13.6. The Bertz CT molecular complexity index is 1460. The van der Waals surface area contributed by atoms with Crippen LogP contribution in [0.25, 0.3) is 0 Å². The highest BCUT2D eigenvalue weighted by atomic mass is 16.7. The molecule has 1 saturated heterocycles. The average molecular weight is 513 g/mol. The zero-order chi connectivity index (χ0) is 27.1. The molecule has 3 atom stereocenters. The number of methoxy groups -OCH3 is 1. The Morgan fingerprint density at radius 2 is 1.79 bits per heavy atom. The minimum absolute atomic E-state index is 0.0218. The van der Waals surface area contributed by atoms with Crippen LogP contribution in [0.5, 0.6) is 5.75 Å². The zero-order valence-electron chi connectivity index (χ0n) is 21.1. The van der Waals surface area contributed by atoms with Crippen LogP contribution in [0.3, 0.4) is 0 Å². The number of nitrogens with zero attached hydrogens (tertiary/aromatic N) is 1. The van der Waals surface area contributed by atoms with Crippen molar-refractivity contribution in [2.45, 2.75) is 43.3 Å². The minimum Gasteiger partial charge on any atom is -0.508 e. The van der Waals surface area contributed by atoms with E-state index < -0.39 is 28.7 Å². The first-order chi connectivity index (χ1) is 18.2. The number of nitrogen functional groups attached to an aromatic ring is 1. The number of rotatable bonds is 8. The molecular weight excluding hydrogens is 484 g/mol. The number of pyridine rings is 1. The molecule has 38 heavy (non-hydrogen) atoms. The lowest BCUT2D eigenvalue weighted by Gasteiger charge is -2.23. The molecule has 0 spiro atoms. The van der Waals surface area contributed by atoms with Crippen LogP contribution in [0.2, 0.25) is 0 Å². The molecule has 1 fully saturated rings. The number of aromatic hydroxyl groups is 1. The zero-order valence-corrected chi connectivity index (χ0v) is 21.1. The van der Waals surface area contributed by atoms with Gasteiger partial charge in [-0.2, -0.15) is 0 Å². The number of phenolic OH excluding ortho intramolecular Hbond substituents is 1. The fourth-order valence-corrected chi connectivity index (χ4v) is 5.41. The summed E-state index contributed by atoms with van der Waals surface area (Å²) in [6, 6.07) is 17.2. The second-order valence-electron chi connectivity index (χ2n) is 9.85. The molecule has 2 aromatic carbocycles. The molecule has 8 nitrogen and oxygen atoms in total. The summed E-state index contributed by atoms with van der Waals surface area (Å²) in [7, 11) is 1.18. The molecule has 0 amide bonds. The van der Waals surface area contributed by atoms with E-state index in [0.29, 0.717) is 18.7 Å². The van der Waals surface area contributed by atoms with Gasteiger partial charge < -0.3 is 20.3 Å². The maximum atomic E-state index is 13.6. The normalized spacial score (nSPS) is 22.8. The summed E-state index contributed by atoms with van der Waals surface area (Å²) in [5, 5.41) is 9.66. The number of carbonyl (C=O) groups is 3. The van der Waals surface area contributed by atoms with E-state index in [-0.39, 0.29) is 29.2 Å². The molecular formula is C30H28N2O6. The van der Waals surface area contributed by atoms with Crippen molar-refractivity contribution in [3.63, 3.8) is 0 Å². The summed E-state index contributed by atoms with van der Waals surface area (Å²) in [5.41, 5.74) is 5.77. The number of benzene rings is 2. The van der Waals surface area contributed by atoms with E-state index in [1.165, 1.54) is 13.2 Å². The second kappa shape index (κ2) is 9.54. The number of esters is 1. The van der Waals surface area contributed by atoms with Crippen molar-refractivity contribution in [1.82, 2.24) is 4.98 Å². The first-order valence-electron chi connectivity index (χ1n) is 12.3. The SMILES string of the molecule is COC(=O)[C@]12O[C@@]1(C/C=C(\C)C[C@H](Cc1ccc(O)cc1)c1ccnc(N)c1)C(=O)c1ccccc1C2=O. The van der Waals surface area contributed by atoms with Crippen molar-refractivity contribution in [2.24, 2.45) is 0 Å². The largest absolute Gasteiger partial charge is 0.508 e. The summed E-state index contributed by atoms with van der Waals surface area (Å²) in [6.45, 7) is 1.94. The first kappa shape index (κ1) is 25.4. The number of carbonyl (C=O) groups excluding carboxylic acids is 3. The Balaban J connectivity index is 1.44. The number of epoxide rings is 1. The number of phenols is 1. The highest BCUT2D eigenvalue weighted by molar-refractivity contribution is 6.32. The molecule has 1 aliphatic carbocycles. The predicted molar refractivity (Wildman–Crippen MR) is 140 cm³/mol. The maximum Gasteiger partial charge on any atom is 0.350 e. The Morgan fingerprint density at radius 1 is 1.11 bits per heavy atom. The van der Waals surface area contributed by atoms with Crippen LogP contribution in [0.4, 0.5) is 5.82 Å². The summed E-state index contributed by atoms with van der Waals surface area (Å²) < 4.78 is 10.7. The van der Waals surface area contributed by atoms with Crippen molar-refractivity contribution in [3.05, 3.63) is 101 Å². The van der Waals surface area contributed by atoms with Crippen molar-refractivity contribution >= 4 is 23.4 Å². The van der Waals surface area contributed by atoms with E-state index in [1.54, 1.807) is 36.5 Å². The monoisotopic (exact) mass is 512 g/mol. The van der Waals surface area contributed by atoms with E-state index in [4.69, 9.17) is 15.2 Å². The van der Waals surface area contributed by atoms with Gasteiger partial charge in [-0.25, -0.2) is 9.78 Å². The van der Waals surface area contributed by atoms with E-state index in [2.05, 4.69) is 4.98 Å². The predicted octanol–water partition coefficient (Wildman–Crippen LogP) is 4.18. The van der Waals surface area contributed by atoms with Gasteiger partial charge in [0, 0.05) is 23.7 Å². The van der Waals surface area contributed by atoms with Crippen molar-refractivity contribution in [2.75, 3.05) is 12.8 Å². The van der Waals surface area contributed by atoms with Crippen LogP contribution in [-0.2, 0) is 20.7 Å². The van der Waals surface area contributed by atoms with Crippen LogP contribution >= 0.6 is 0 Å². The van der Waals surface area contributed by atoms with Gasteiger partial charge in [-0.1, -0.05) is 48.0 Å². The Labute approximate surface area is 220 Å². The molecule has 1 aliphatic heterocycles. The summed E-state index contributed by atoms with van der Waals surface area (Å²) in [6.07, 6.45) is 4.87. The number of fused-ring (bicyclic) bond motifs is 2. The number of aromatic nitrogens is 1. The number of nitrogens with two attached hydrogens (primary N) is 1. The highest BCUT2D eigenvalue weighted by Crippen LogP contribution is 2.58. The lowest BCUT2D eigenvalue weighted by Crippen LogP contribution is -2.50. The molecule has 0 unspecified atom stereocenters. The van der Waals surface area contributed by atoms with Crippen LogP contribution < -0.4 is 5.73 Å². The quantitative estimate of drug-likeness (QED) is 0.199. The van der Waals surface area contributed by atoms with Gasteiger partial charge in [0.2, 0.25) is 5.78 Å². The third-order valence-corrected chi connectivity index (χ3v) is 7.43. The molecule has 5 rings (SSSR count). The highest BCUT2D eigenvalue weighted by Gasteiger charge is 2.85. The van der Waals surface area contributed by atoms with Gasteiger partial charge in [0.15, 0.2) is 11.4 Å². The topological polar surface area (TPSA) is 132 Å². The Hall–Kier alpha value is -4.30. The third-order valence-electron chi connectivity index (χ3n) is 7.43. The fourth-order valence-electron chi connectivity index (χ4n) is 5.41. The lowest BCUT2D eigenvalue weighted by molar-refractivity contribution is -0.145. The van der Waals surface area contributed by atoms with Gasteiger partial charge in [0.05, 0.1) is 7.11 Å². The van der Waals surface area contributed by atoms with Crippen LogP contribution in [0.15, 0.2) is 78.5 Å². The summed E-state index contributed by atoms with van der Waals surface area (Å²) in [5.74, 6) is -1.19. The van der Waals surface area contributed by atoms with Gasteiger partial charge in [-0.15, -0.1) is 0 Å². The molecule has 0 bridgehead atoms. The molecule has 2 aliphatic rings. The molecule has 0 radical (unpaired) electrons. The number of ketones is 2. The molecule has 1 aromatic heterocycles. The fraction of sp³-hybridized carbons (Fsp3) is 0.267. The van der Waals surface area contributed by atoms with Gasteiger partial charge in [-0.05, 0) is 61.1 Å². The molecule has 194 valence electrons.